The Bertz CT molecular complexity index is 334. The van der Waals surface area contributed by atoms with E-state index in [1.165, 1.54) is 12.1 Å². The van der Waals surface area contributed by atoms with E-state index in [0.29, 0.717) is 5.56 Å². The fourth-order valence-corrected chi connectivity index (χ4v) is 1.17. The van der Waals surface area contributed by atoms with Crippen LogP contribution in [0.4, 0.5) is 0 Å². The van der Waals surface area contributed by atoms with E-state index in [0.717, 1.165) is 5.56 Å². The molecule has 1 aromatic carbocycles. The number of aliphatic hydroxyl groups excluding tert-OH is 1. The van der Waals surface area contributed by atoms with Gasteiger partial charge >= 0.3 is 5.97 Å². The van der Waals surface area contributed by atoms with Crippen LogP contribution in [-0.4, -0.2) is 27.3 Å². The molecule has 0 radical (unpaired) electrons. The van der Waals surface area contributed by atoms with Crippen LogP contribution >= 0.6 is 0 Å². The second-order valence-corrected chi connectivity index (χ2v) is 3.26. The lowest BCUT2D eigenvalue weighted by Gasteiger charge is -2.08. The molecule has 15 heavy (non-hydrogen) atoms. The highest BCUT2D eigenvalue weighted by Crippen LogP contribution is 2.11. The summed E-state index contributed by atoms with van der Waals surface area (Å²) in [6.45, 7) is 0. The minimum Gasteiger partial charge on any atom is -0.480 e. The Kier molecular flexibility index (Phi) is 3.79. The van der Waals surface area contributed by atoms with Crippen molar-refractivity contribution in [2.75, 3.05) is 0 Å². The van der Waals surface area contributed by atoms with E-state index in [2.05, 4.69) is 0 Å². The van der Waals surface area contributed by atoms with Crippen LogP contribution in [0.1, 0.15) is 17.4 Å². The number of hydrogen-bond acceptors (Lipinski definition) is 4. The second kappa shape index (κ2) is 4.88. The number of rotatable bonds is 4. The molecule has 0 saturated carbocycles. The van der Waals surface area contributed by atoms with Crippen LogP contribution in [-0.2, 0) is 11.2 Å². The molecule has 0 aliphatic rings. The summed E-state index contributed by atoms with van der Waals surface area (Å²) in [6.07, 6.45) is -1.29. The van der Waals surface area contributed by atoms with E-state index in [4.69, 9.17) is 21.1 Å². The lowest BCUT2D eigenvalue weighted by Crippen LogP contribution is -2.32. The topological polar surface area (TPSA) is 104 Å². The number of carboxylic acid groups (broad SMARTS) is 1. The number of carbonyl (C=O) groups is 1. The maximum absolute atomic E-state index is 10.5. The highest BCUT2D eigenvalue weighted by molar-refractivity contribution is 5.73. The lowest BCUT2D eigenvalue weighted by atomic mass is 10.0. The first-order valence-electron chi connectivity index (χ1n) is 4.44. The summed E-state index contributed by atoms with van der Waals surface area (Å²) in [6, 6.07) is 5.35. The summed E-state index contributed by atoms with van der Waals surface area (Å²) in [5, 5.41) is 26.2. The molecule has 0 aliphatic heterocycles. The minimum absolute atomic E-state index is 0.219. The smallest absolute Gasteiger partial charge is 0.320 e. The Balaban J connectivity index is 2.68. The van der Waals surface area contributed by atoms with Crippen LogP contribution in [0.3, 0.4) is 0 Å². The van der Waals surface area contributed by atoms with Gasteiger partial charge in [0, 0.05) is 5.56 Å². The van der Waals surface area contributed by atoms with Crippen molar-refractivity contribution in [1.82, 2.24) is 0 Å². The molecule has 0 aliphatic carbocycles. The third kappa shape index (κ3) is 3.32. The number of benzene rings is 1. The van der Waals surface area contributed by atoms with Gasteiger partial charge in [0.1, 0.15) is 6.04 Å². The summed E-state index contributed by atoms with van der Waals surface area (Å²) in [5.74, 6) is -1.05. The first-order valence-corrected chi connectivity index (χ1v) is 4.44. The largest absolute Gasteiger partial charge is 0.480 e. The summed E-state index contributed by atoms with van der Waals surface area (Å²) < 4.78 is 0. The fraction of sp³-hybridized carbons (Fsp3) is 0.300. The molecule has 0 fully saturated rings. The molecule has 0 bridgehead atoms. The van der Waals surface area contributed by atoms with Gasteiger partial charge in [0.25, 0.3) is 0 Å². The van der Waals surface area contributed by atoms with Crippen LogP contribution in [0.2, 0.25) is 0 Å². The van der Waals surface area contributed by atoms with E-state index in [1.54, 1.807) is 12.1 Å². The number of hydrogen-bond donors (Lipinski definition) is 4. The molecule has 1 atom stereocenters. The average Bonchev–Trinajstić information content (AvgIpc) is 2.18. The first kappa shape index (κ1) is 11.6. The van der Waals surface area contributed by atoms with Gasteiger partial charge in [-0.3, -0.25) is 4.79 Å². The van der Waals surface area contributed by atoms with E-state index in [9.17, 15) is 4.79 Å². The van der Waals surface area contributed by atoms with E-state index < -0.39 is 18.3 Å². The Morgan fingerprint density at radius 1 is 1.27 bits per heavy atom. The molecule has 1 aromatic rings. The lowest BCUT2D eigenvalue weighted by molar-refractivity contribution is -0.138. The van der Waals surface area contributed by atoms with Gasteiger partial charge in [-0.25, -0.2) is 0 Å². The van der Waals surface area contributed by atoms with Gasteiger partial charge in [0.15, 0.2) is 6.29 Å². The van der Waals surface area contributed by atoms with Crippen molar-refractivity contribution in [1.29, 1.82) is 0 Å². The molecule has 0 spiro atoms. The molecule has 5 N–H and O–H groups in total. The Hall–Kier alpha value is -1.43. The Morgan fingerprint density at radius 3 is 2.20 bits per heavy atom. The van der Waals surface area contributed by atoms with E-state index in [-0.39, 0.29) is 6.42 Å². The van der Waals surface area contributed by atoms with E-state index >= 15 is 0 Å². The van der Waals surface area contributed by atoms with Gasteiger partial charge in [-0.2, -0.15) is 0 Å². The third-order valence-electron chi connectivity index (χ3n) is 2.05. The second-order valence-electron chi connectivity index (χ2n) is 3.26. The normalized spacial score (nSPS) is 12.8. The molecule has 0 unspecified atom stereocenters. The van der Waals surface area contributed by atoms with Crippen molar-refractivity contribution < 1.29 is 20.1 Å². The monoisotopic (exact) mass is 211 g/mol. The van der Waals surface area contributed by atoms with Crippen LogP contribution in [0.25, 0.3) is 0 Å². The Labute approximate surface area is 86.8 Å². The predicted molar refractivity (Wildman–Crippen MR) is 52.9 cm³/mol. The Morgan fingerprint density at radius 2 is 1.80 bits per heavy atom. The molecule has 82 valence electrons. The highest BCUT2D eigenvalue weighted by atomic mass is 16.5. The van der Waals surface area contributed by atoms with Crippen LogP contribution in [0.15, 0.2) is 24.3 Å². The average molecular weight is 211 g/mol. The SMILES string of the molecule is N[C@@H](Cc1ccc(C(O)O)cc1)C(=O)O. The van der Waals surface area contributed by atoms with Gasteiger partial charge in [0.05, 0.1) is 0 Å². The zero-order valence-corrected chi connectivity index (χ0v) is 8.00. The summed E-state index contributed by atoms with van der Waals surface area (Å²) in [7, 11) is 0. The summed E-state index contributed by atoms with van der Waals surface area (Å²) in [5.41, 5.74) is 6.46. The van der Waals surface area contributed by atoms with Crippen molar-refractivity contribution in [3.8, 4) is 0 Å². The number of aliphatic carboxylic acids is 1. The molecule has 0 saturated heterocycles. The van der Waals surface area contributed by atoms with Crippen LogP contribution < -0.4 is 5.73 Å². The third-order valence-corrected chi connectivity index (χ3v) is 2.05. The summed E-state index contributed by atoms with van der Waals surface area (Å²) >= 11 is 0. The predicted octanol–water partition coefficient (Wildman–Crippen LogP) is -0.376. The van der Waals surface area contributed by atoms with Crippen molar-refractivity contribution in [3.63, 3.8) is 0 Å². The summed E-state index contributed by atoms with van der Waals surface area (Å²) in [4.78, 5) is 10.5. The maximum atomic E-state index is 10.5. The molecular weight excluding hydrogens is 198 g/mol. The fourth-order valence-electron chi connectivity index (χ4n) is 1.17. The molecular formula is C10H13NO4. The van der Waals surface area contributed by atoms with Gasteiger partial charge < -0.3 is 21.1 Å². The molecule has 0 heterocycles. The highest BCUT2D eigenvalue weighted by Gasteiger charge is 2.12. The number of carboxylic acids is 1. The zero-order valence-electron chi connectivity index (χ0n) is 8.00. The van der Waals surface area contributed by atoms with Gasteiger partial charge in [-0.15, -0.1) is 0 Å². The van der Waals surface area contributed by atoms with Gasteiger partial charge in [0.2, 0.25) is 0 Å². The van der Waals surface area contributed by atoms with Crippen molar-refractivity contribution in [2.45, 2.75) is 18.8 Å². The number of aliphatic hydroxyl groups is 2. The quantitative estimate of drug-likeness (QED) is 0.508. The molecule has 5 nitrogen and oxygen atoms in total. The molecule has 0 aromatic heterocycles. The standard InChI is InChI=1S/C10H13NO4/c11-8(10(14)15)5-6-1-3-7(4-2-6)9(12)13/h1-4,8-9,12-13H,5,11H2,(H,14,15)/t8-/m0/s1. The van der Waals surface area contributed by atoms with Gasteiger partial charge in [-0.05, 0) is 12.0 Å². The molecule has 1 rings (SSSR count). The maximum Gasteiger partial charge on any atom is 0.320 e. The van der Waals surface area contributed by atoms with E-state index in [1.807, 2.05) is 0 Å². The molecule has 0 amide bonds. The number of nitrogens with two attached hydrogens (primary N) is 1. The van der Waals surface area contributed by atoms with Gasteiger partial charge in [-0.1, -0.05) is 24.3 Å². The van der Waals surface area contributed by atoms with Crippen molar-refractivity contribution in [3.05, 3.63) is 35.4 Å². The zero-order chi connectivity index (χ0) is 11.4. The van der Waals surface area contributed by atoms with Crippen molar-refractivity contribution in [2.24, 2.45) is 5.73 Å². The minimum atomic E-state index is -1.51. The van der Waals surface area contributed by atoms with Crippen molar-refractivity contribution >= 4 is 5.97 Å². The first-order chi connectivity index (χ1) is 7.00. The van der Waals surface area contributed by atoms with Crippen LogP contribution in [0.5, 0.6) is 0 Å². The van der Waals surface area contributed by atoms with Crippen LogP contribution in [0, 0.1) is 0 Å². The molecule has 5 heteroatoms.